The summed E-state index contributed by atoms with van der Waals surface area (Å²) in [4.78, 5) is 32.3. The molecule has 1 amide bonds. The van der Waals surface area contributed by atoms with Gasteiger partial charge in [-0.3, -0.25) is 14.5 Å². The van der Waals surface area contributed by atoms with Crippen LogP contribution in [0.15, 0.2) is 65.7 Å². The van der Waals surface area contributed by atoms with Crippen molar-refractivity contribution in [1.29, 1.82) is 0 Å². The monoisotopic (exact) mass is 420 g/mol. The summed E-state index contributed by atoms with van der Waals surface area (Å²) in [6, 6.07) is 13.0. The number of thiophene rings is 1. The van der Waals surface area contributed by atoms with Crippen LogP contribution in [0.3, 0.4) is 0 Å². The number of carbonyl (C=O) groups is 2. The first-order valence-corrected chi connectivity index (χ1v) is 10.2. The van der Waals surface area contributed by atoms with Crippen molar-refractivity contribution in [1.82, 2.24) is 4.98 Å². The van der Waals surface area contributed by atoms with Gasteiger partial charge in [0.05, 0.1) is 5.57 Å². The van der Waals surface area contributed by atoms with Gasteiger partial charge in [-0.05, 0) is 41.8 Å². The average Bonchev–Trinajstić information content (AvgIpc) is 3.40. The number of ketones is 1. The van der Waals surface area contributed by atoms with Crippen molar-refractivity contribution >= 4 is 34.6 Å². The molecule has 1 unspecified atom stereocenters. The normalized spacial score (nSPS) is 19.9. The molecule has 2 aliphatic rings. The van der Waals surface area contributed by atoms with Gasteiger partial charge in [0.25, 0.3) is 5.78 Å². The molecule has 0 saturated carbocycles. The largest absolute Gasteiger partial charge is 0.507 e. The molecule has 1 aromatic carbocycles. The topological polar surface area (TPSA) is 89.0 Å². The van der Waals surface area contributed by atoms with Gasteiger partial charge in [-0.25, -0.2) is 4.98 Å². The van der Waals surface area contributed by atoms with Gasteiger partial charge in [-0.15, -0.1) is 11.3 Å². The van der Waals surface area contributed by atoms with Gasteiger partial charge >= 0.3 is 5.91 Å². The first-order valence-electron chi connectivity index (χ1n) is 9.30. The maximum atomic E-state index is 13.0. The molecule has 4 heterocycles. The van der Waals surface area contributed by atoms with Crippen molar-refractivity contribution in [2.75, 3.05) is 18.1 Å². The summed E-state index contributed by atoms with van der Waals surface area (Å²) in [5.41, 5.74) is 0.393. The van der Waals surface area contributed by atoms with Gasteiger partial charge in [-0.2, -0.15) is 0 Å². The number of nitrogens with zero attached hydrogens (tertiary/aromatic N) is 2. The van der Waals surface area contributed by atoms with Crippen LogP contribution in [0, 0.1) is 0 Å². The molecule has 1 saturated heterocycles. The fourth-order valence-corrected chi connectivity index (χ4v) is 4.45. The Morgan fingerprint density at radius 3 is 2.63 bits per heavy atom. The third kappa shape index (κ3) is 2.93. The summed E-state index contributed by atoms with van der Waals surface area (Å²) < 4.78 is 11.1. The molecule has 0 aliphatic carbocycles. The van der Waals surface area contributed by atoms with Gasteiger partial charge in [0.2, 0.25) is 0 Å². The molecule has 0 bridgehead atoms. The third-order valence-electron chi connectivity index (χ3n) is 4.97. The molecule has 2 aromatic heterocycles. The second-order valence-corrected chi connectivity index (χ2v) is 7.71. The van der Waals surface area contributed by atoms with E-state index >= 15 is 0 Å². The van der Waals surface area contributed by atoms with Crippen LogP contribution in [-0.4, -0.2) is 35.0 Å². The van der Waals surface area contributed by atoms with E-state index in [4.69, 9.17) is 9.47 Å². The van der Waals surface area contributed by atoms with Crippen LogP contribution in [0.4, 0.5) is 5.82 Å². The van der Waals surface area contributed by atoms with Gasteiger partial charge < -0.3 is 14.6 Å². The third-order valence-corrected chi connectivity index (χ3v) is 5.89. The number of pyridine rings is 1. The van der Waals surface area contributed by atoms with E-state index in [1.807, 2.05) is 17.5 Å². The highest BCUT2D eigenvalue weighted by Gasteiger charge is 2.48. The summed E-state index contributed by atoms with van der Waals surface area (Å²) in [5, 5.41) is 13.0. The van der Waals surface area contributed by atoms with Crippen LogP contribution < -0.4 is 14.4 Å². The Kier molecular flexibility index (Phi) is 4.48. The van der Waals surface area contributed by atoms with E-state index in [0.717, 1.165) is 4.88 Å². The van der Waals surface area contributed by atoms with Crippen molar-refractivity contribution in [3.63, 3.8) is 0 Å². The number of hydrogen-bond donors (Lipinski definition) is 1. The van der Waals surface area contributed by atoms with E-state index in [9.17, 15) is 14.7 Å². The fraction of sp³-hybridized carbons (Fsp3) is 0.136. The summed E-state index contributed by atoms with van der Waals surface area (Å²) >= 11 is 1.40. The van der Waals surface area contributed by atoms with Crippen LogP contribution in [0.2, 0.25) is 0 Å². The molecule has 0 radical (unpaired) electrons. The highest BCUT2D eigenvalue weighted by Crippen LogP contribution is 2.43. The molecule has 5 rings (SSSR count). The quantitative estimate of drug-likeness (QED) is 0.396. The lowest BCUT2D eigenvalue weighted by Gasteiger charge is -2.23. The summed E-state index contributed by atoms with van der Waals surface area (Å²) in [6.07, 6.45) is 1.56. The van der Waals surface area contributed by atoms with E-state index < -0.39 is 17.7 Å². The van der Waals surface area contributed by atoms with Crippen molar-refractivity contribution in [2.24, 2.45) is 0 Å². The Hall–Kier alpha value is -3.65. The van der Waals surface area contributed by atoms with Crippen molar-refractivity contribution in [3.05, 3.63) is 76.1 Å². The lowest BCUT2D eigenvalue weighted by molar-refractivity contribution is -0.132. The van der Waals surface area contributed by atoms with Gasteiger partial charge in [0.1, 0.15) is 30.8 Å². The zero-order chi connectivity index (χ0) is 20.7. The zero-order valence-electron chi connectivity index (χ0n) is 15.6. The average molecular weight is 420 g/mol. The minimum Gasteiger partial charge on any atom is -0.507 e. The number of amides is 1. The van der Waals surface area contributed by atoms with Crippen LogP contribution in [0.25, 0.3) is 5.76 Å². The number of anilines is 1. The Bertz CT molecular complexity index is 1160. The maximum Gasteiger partial charge on any atom is 0.301 e. The number of Topliss-reactive ketones (excluding diaryl/α,β-unsaturated/α-hetero) is 1. The number of fused-ring (bicyclic) bond motifs is 1. The molecule has 7 nitrogen and oxygen atoms in total. The molecule has 150 valence electrons. The highest BCUT2D eigenvalue weighted by molar-refractivity contribution is 7.10. The highest BCUT2D eigenvalue weighted by atomic mass is 32.1. The molecule has 1 fully saturated rings. The summed E-state index contributed by atoms with van der Waals surface area (Å²) in [5.74, 6) is -0.350. The molecule has 3 aromatic rings. The van der Waals surface area contributed by atoms with E-state index in [2.05, 4.69) is 4.98 Å². The zero-order valence-corrected chi connectivity index (χ0v) is 16.5. The molecule has 30 heavy (non-hydrogen) atoms. The number of ether oxygens (including phenoxy) is 2. The Labute approximate surface area is 175 Å². The van der Waals surface area contributed by atoms with Crippen LogP contribution >= 0.6 is 11.3 Å². The number of rotatable bonds is 3. The first-order chi connectivity index (χ1) is 14.6. The standard InChI is InChI=1S/C22H16N2O5S/c25-20(13-6-7-14-15(12-13)29-10-9-28-14)18-19(16-4-3-11-30-16)24(22(27)21(18)26)17-5-1-2-8-23-17/h1-8,11-12,19,25H,9-10H2/b20-18+. The van der Waals surface area contributed by atoms with E-state index in [1.165, 1.54) is 16.2 Å². The van der Waals surface area contributed by atoms with Crippen molar-refractivity contribution in [2.45, 2.75) is 6.04 Å². The Balaban J connectivity index is 1.67. The number of benzene rings is 1. The van der Waals surface area contributed by atoms with Gasteiger partial charge in [-0.1, -0.05) is 12.1 Å². The van der Waals surface area contributed by atoms with Crippen LogP contribution in [0.1, 0.15) is 16.5 Å². The second-order valence-electron chi connectivity index (χ2n) is 6.73. The first kappa shape index (κ1) is 18.4. The summed E-state index contributed by atoms with van der Waals surface area (Å²) in [7, 11) is 0. The number of aliphatic hydroxyl groups excluding tert-OH is 1. The Morgan fingerprint density at radius 2 is 1.90 bits per heavy atom. The molecule has 1 N–H and O–H groups in total. The lowest BCUT2D eigenvalue weighted by atomic mass is 9.99. The SMILES string of the molecule is O=C1C(=O)N(c2ccccn2)C(c2cccs2)/C1=C(\O)c1ccc2c(c1)OCCO2. The molecule has 2 aliphatic heterocycles. The number of hydrogen-bond acceptors (Lipinski definition) is 7. The van der Waals surface area contributed by atoms with E-state index in [-0.39, 0.29) is 11.3 Å². The van der Waals surface area contributed by atoms with Crippen molar-refractivity contribution in [3.8, 4) is 11.5 Å². The minimum absolute atomic E-state index is 0.0183. The number of carbonyl (C=O) groups excluding carboxylic acids is 2. The summed E-state index contributed by atoms with van der Waals surface area (Å²) in [6.45, 7) is 0.850. The van der Waals surface area contributed by atoms with Gasteiger partial charge in [0, 0.05) is 16.6 Å². The molecular weight excluding hydrogens is 404 g/mol. The molecule has 8 heteroatoms. The molecule has 0 spiro atoms. The molecular formula is C22H16N2O5S. The van der Waals surface area contributed by atoms with Crippen molar-refractivity contribution < 1.29 is 24.2 Å². The van der Waals surface area contributed by atoms with Crippen LogP contribution in [-0.2, 0) is 9.59 Å². The van der Waals surface area contributed by atoms with Crippen LogP contribution in [0.5, 0.6) is 11.5 Å². The predicted molar refractivity (Wildman–Crippen MR) is 111 cm³/mol. The Morgan fingerprint density at radius 1 is 1.07 bits per heavy atom. The second kappa shape index (κ2) is 7.31. The van der Waals surface area contributed by atoms with Gasteiger partial charge in [0.15, 0.2) is 11.5 Å². The molecule has 1 atom stereocenters. The lowest BCUT2D eigenvalue weighted by Crippen LogP contribution is -2.29. The van der Waals surface area contributed by atoms with E-state index in [1.54, 1.807) is 42.6 Å². The van der Waals surface area contributed by atoms with E-state index in [0.29, 0.717) is 36.1 Å². The predicted octanol–water partition coefficient (Wildman–Crippen LogP) is 3.54. The smallest absolute Gasteiger partial charge is 0.301 e. The number of aliphatic hydroxyl groups is 1. The minimum atomic E-state index is -0.770. The fourth-order valence-electron chi connectivity index (χ4n) is 3.63. The number of aromatic nitrogens is 1. The maximum absolute atomic E-state index is 13.0.